The predicted molar refractivity (Wildman–Crippen MR) is 94.9 cm³/mol. The first-order valence-corrected chi connectivity index (χ1v) is 8.44. The first kappa shape index (κ1) is 17.3. The lowest BCUT2D eigenvalue weighted by Gasteiger charge is -2.13. The van der Waals surface area contributed by atoms with Crippen LogP contribution in [0.5, 0.6) is 0 Å². The topological polar surface area (TPSA) is 62.4 Å². The number of thiophene rings is 1. The van der Waals surface area contributed by atoms with Gasteiger partial charge in [0.05, 0.1) is 13.2 Å². The molecule has 0 radical (unpaired) electrons. The number of methoxy groups -OCH3 is 1. The fourth-order valence-corrected chi connectivity index (χ4v) is 2.96. The van der Waals surface area contributed by atoms with Crippen molar-refractivity contribution in [3.05, 3.63) is 51.7 Å². The van der Waals surface area contributed by atoms with Gasteiger partial charge in [-0.3, -0.25) is 0 Å². The van der Waals surface area contributed by atoms with E-state index in [1.165, 1.54) is 10.4 Å². The molecule has 0 aliphatic rings. The van der Waals surface area contributed by atoms with Gasteiger partial charge in [-0.15, -0.1) is 11.3 Å². The third kappa shape index (κ3) is 5.58. The number of ether oxygens (including phenoxy) is 1. The molecule has 0 spiro atoms. The van der Waals surface area contributed by atoms with Crippen LogP contribution in [0.25, 0.3) is 0 Å². The number of aryl methyl sites for hydroxylation is 1. The molecule has 0 atom stereocenters. The highest BCUT2D eigenvalue weighted by Crippen LogP contribution is 2.15. The summed E-state index contributed by atoms with van der Waals surface area (Å²) in [5, 5.41) is 11.1. The maximum absolute atomic E-state index is 11.9. The van der Waals surface area contributed by atoms with Crippen molar-refractivity contribution in [3.63, 3.8) is 0 Å². The van der Waals surface area contributed by atoms with Crippen molar-refractivity contribution in [2.75, 3.05) is 25.6 Å². The Kier molecular flexibility index (Phi) is 6.90. The largest absolute Gasteiger partial charge is 0.383 e. The summed E-state index contributed by atoms with van der Waals surface area (Å²) < 4.78 is 5.04. The van der Waals surface area contributed by atoms with Gasteiger partial charge in [0.25, 0.3) is 0 Å². The fourth-order valence-electron chi connectivity index (χ4n) is 2.12. The van der Waals surface area contributed by atoms with Gasteiger partial charge in [0.1, 0.15) is 0 Å². The molecular formula is C17H23N3O2S. The summed E-state index contributed by atoms with van der Waals surface area (Å²) in [7, 11) is 1.68. The quantitative estimate of drug-likeness (QED) is 0.651. The van der Waals surface area contributed by atoms with Crippen LogP contribution in [-0.2, 0) is 17.8 Å². The minimum atomic E-state index is -0.163. The molecule has 2 aromatic rings. The molecule has 0 saturated carbocycles. The van der Waals surface area contributed by atoms with E-state index < -0.39 is 0 Å². The number of hydrogen-bond acceptors (Lipinski definition) is 4. The second-order valence-corrected chi connectivity index (χ2v) is 6.14. The summed E-state index contributed by atoms with van der Waals surface area (Å²) in [6.45, 7) is 4.46. The van der Waals surface area contributed by atoms with Crippen LogP contribution >= 0.6 is 11.3 Å². The molecule has 1 heterocycles. The van der Waals surface area contributed by atoms with Gasteiger partial charge in [0, 0.05) is 30.8 Å². The van der Waals surface area contributed by atoms with Crippen LogP contribution in [0.15, 0.2) is 35.7 Å². The summed E-state index contributed by atoms with van der Waals surface area (Å²) in [6, 6.07) is 9.83. The Balaban J connectivity index is 1.80. The summed E-state index contributed by atoms with van der Waals surface area (Å²) >= 11 is 1.66. The van der Waals surface area contributed by atoms with Crippen LogP contribution in [0, 0.1) is 6.92 Å². The molecule has 3 N–H and O–H groups in total. The molecule has 124 valence electrons. The number of carbonyl (C=O) groups is 1. The highest BCUT2D eigenvalue weighted by atomic mass is 32.1. The Hall–Kier alpha value is -2.05. The lowest BCUT2D eigenvalue weighted by Crippen LogP contribution is -2.34. The Morgan fingerprint density at radius 3 is 2.70 bits per heavy atom. The molecule has 1 aromatic carbocycles. The number of benzene rings is 1. The number of para-hydroxylation sites is 1. The minimum Gasteiger partial charge on any atom is -0.383 e. The molecule has 1 aromatic heterocycles. The Bertz CT molecular complexity index is 628. The molecule has 0 unspecified atom stereocenters. The van der Waals surface area contributed by atoms with Crippen molar-refractivity contribution in [2.24, 2.45) is 0 Å². The maximum Gasteiger partial charge on any atom is 0.315 e. The van der Waals surface area contributed by atoms with E-state index in [0.717, 1.165) is 17.8 Å². The molecule has 0 aliphatic carbocycles. The number of hydrogen-bond donors (Lipinski definition) is 3. The number of carbonyl (C=O) groups excluding carboxylic acids is 1. The van der Waals surface area contributed by atoms with E-state index in [-0.39, 0.29) is 6.03 Å². The van der Waals surface area contributed by atoms with Crippen LogP contribution in [0.2, 0.25) is 0 Å². The van der Waals surface area contributed by atoms with Crippen LogP contribution in [0.3, 0.4) is 0 Å². The summed E-state index contributed by atoms with van der Waals surface area (Å²) in [4.78, 5) is 13.1. The highest BCUT2D eigenvalue weighted by molar-refractivity contribution is 7.10. The standard InChI is InChI=1S/C17H23N3O2S/c1-13-7-10-23-16(13)12-20-17(21)19-11-14-5-3-4-6-15(14)18-8-9-22-2/h3-7,10,18H,8-9,11-12H2,1-2H3,(H2,19,20,21). The zero-order valence-corrected chi connectivity index (χ0v) is 14.3. The van der Waals surface area contributed by atoms with E-state index in [9.17, 15) is 4.79 Å². The molecule has 5 nitrogen and oxygen atoms in total. The van der Waals surface area contributed by atoms with Gasteiger partial charge in [0.2, 0.25) is 0 Å². The Labute approximate surface area is 141 Å². The van der Waals surface area contributed by atoms with Crippen molar-refractivity contribution in [3.8, 4) is 0 Å². The van der Waals surface area contributed by atoms with Gasteiger partial charge in [-0.25, -0.2) is 4.79 Å². The molecule has 23 heavy (non-hydrogen) atoms. The first-order valence-electron chi connectivity index (χ1n) is 7.56. The van der Waals surface area contributed by atoms with E-state index in [0.29, 0.717) is 19.7 Å². The van der Waals surface area contributed by atoms with Gasteiger partial charge in [0.15, 0.2) is 0 Å². The number of rotatable bonds is 8. The fraction of sp³-hybridized carbons (Fsp3) is 0.353. The van der Waals surface area contributed by atoms with Crippen molar-refractivity contribution in [1.82, 2.24) is 10.6 Å². The average Bonchev–Trinajstić information content (AvgIpc) is 2.97. The predicted octanol–water partition coefficient (Wildman–Crippen LogP) is 3.11. The van der Waals surface area contributed by atoms with Gasteiger partial charge >= 0.3 is 6.03 Å². The van der Waals surface area contributed by atoms with Crippen LogP contribution < -0.4 is 16.0 Å². The van der Waals surface area contributed by atoms with Crippen molar-refractivity contribution in [2.45, 2.75) is 20.0 Å². The average molecular weight is 333 g/mol. The maximum atomic E-state index is 11.9. The summed E-state index contributed by atoms with van der Waals surface area (Å²) in [5.74, 6) is 0. The van der Waals surface area contributed by atoms with Crippen molar-refractivity contribution in [1.29, 1.82) is 0 Å². The number of nitrogens with one attached hydrogen (secondary N) is 3. The minimum absolute atomic E-state index is 0.163. The van der Waals surface area contributed by atoms with E-state index in [1.807, 2.05) is 36.6 Å². The normalized spacial score (nSPS) is 10.3. The third-order valence-corrected chi connectivity index (χ3v) is 4.48. The third-order valence-electron chi connectivity index (χ3n) is 3.46. The number of anilines is 1. The Morgan fingerprint density at radius 1 is 1.17 bits per heavy atom. The van der Waals surface area contributed by atoms with Gasteiger partial charge in [-0.05, 0) is 35.6 Å². The van der Waals surface area contributed by atoms with Gasteiger partial charge in [-0.1, -0.05) is 18.2 Å². The van der Waals surface area contributed by atoms with Gasteiger partial charge in [-0.2, -0.15) is 0 Å². The van der Waals surface area contributed by atoms with E-state index in [2.05, 4.69) is 22.0 Å². The van der Waals surface area contributed by atoms with Gasteiger partial charge < -0.3 is 20.7 Å². The smallest absolute Gasteiger partial charge is 0.315 e. The van der Waals surface area contributed by atoms with E-state index >= 15 is 0 Å². The molecule has 0 aliphatic heterocycles. The molecule has 2 rings (SSSR count). The zero-order chi connectivity index (χ0) is 16.5. The monoisotopic (exact) mass is 333 g/mol. The first-order chi connectivity index (χ1) is 11.2. The van der Waals surface area contributed by atoms with Crippen molar-refractivity contribution >= 4 is 23.1 Å². The second kappa shape index (κ2) is 9.17. The van der Waals surface area contributed by atoms with Crippen LogP contribution in [0.4, 0.5) is 10.5 Å². The van der Waals surface area contributed by atoms with E-state index in [4.69, 9.17) is 4.74 Å². The molecule has 0 fully saturated rings. The molecule has 6 heteroatoms. The summed E-state index contributed by atoms with van der Waals surface area (Å²) in [6.07, 6.45) is 0. The highest BCUT2D eigenvalue weighted by Gasteiger charge is 2.06. The number of urea groups is 1. The van der Waals surface area contributed by atoms with Crippen LogP contribution in [-0.4, -0.2) is 26.3 Å². The SMILES string of the molecule is COCCNc1ccccc1CNC(=O)NCc1sccc1C. The van der Waals surface area contributed by atoms with Crippen molar-refractivity contribution < 1.29 is 9.53 Å². The van der Waals surface area contributed by atoms with Crippen LogP contribution in [0.1, 0.15) is 16.0 Å². The summed E-state index contributed by atoms with van der Waals surface area (Å²) in [5.41, 5.74) is 3.27. The lowest BCUT2D eigenvalue weighted by molar-refractivity contribution is 0.210. The molecular weight excluding hydrogens is 310 g/mol. The lowest BCUT2D eigenvalue weighted by atomic mass is 10.2. The molecule has 0 saturated heterocycles. The molecule has 0 bridgehead atoms. The molecule has 2 amide bonds. The van der Waals surface area contributed by atoms with E-state index in [1.54, 1.807) is 18.4 Å². The number of amides is 2. The second-order valence-electron chi connectivity index (χ2n) is 5.14. The Morgan fingerprint density at radius 2 is 1.96 bits per heavy atom. The zero-order valence-electron chi connectivity index (χ0n) is 13.5.